The van der Waals surface area contributed by atoms with Crippen LogP contribution in [-0.2, 0) is 31.6 Å². The van der Waals surface area contributed by atoms with E-state index < -0.39 is 0 Å². The van der Waals surface area contributed by atoms with Gasteiger partial charge in [-0.1, -0.05) is 31.9 Å². The second kappa shape index (κ2) is 14.8. The second-order valence-corrected chi connectivity index (χ2v) is 8.47. The van der Waals surface area contributed by atoms with Crippen LogP contribution in [0.1, 0.15) is 55.5 Å². The van der Waals surface area contributed by atoms with E-state index in [1.54, 1.807) is 6.07 Å². The molecule has 175 valence electrons. The van der Waals surface area contributed by atoms with E-state index in [0.29, 0.717) is 12.2 Å². The summed E-state index contributed by atoms with van der Waals surface area (Å²) in [4.78, 5) is 7.00. The first-order valence-electron chi connectivity index (χ1n) is 11.4. The zero-order valence-corrected chi connectivity index (χ0v) is 27.6. The molecule has 0 bridgehead atoms. The number of anilines is 1. The number of hydrogen-bond donors (Lipinski definition) is 1. The van der Waals surface area contributed by atoms with Gasteiger partial charge in [0.25, 0.3) is 0 Å². The largest absolute Gasteiger partial charge is 1.00 e. The van der Waals surface area contributed by atoms with Crippen LogP contribution in [0.4, 0.5) is 10.2 Å². The molecule has 2 aromatic rings. The Kier molecular flexibility index (Phi) is 13.2. The molecule has 1 aromatic carbocycles. The summed E-state index contributed by atoms with van der Waals surface area (Å²) in [6.07, 6.45) is 5.50. The van der Waals surface area contributed by atoms with E-state index in [2.05, 4.69) is 34.3 Å². The van der Waals surface area contributed by atoms with E-state index >= 15 is 0 Å². The van der Waals surface area contributed by atoms with Crippen molar-refractivity contribution in [3.8, 4) is 5.75 Å². The number of fused-ring (bicyclic) bond motifs is 1. The van der Waals surface area contributed by atoms with Crippen molar-refractivity contribution >= 4 is 5.82 Å². The molecule has 5 nitrogen and oxygen atoms in total. The third kappa shape index (κ3) is 8.15. The van der Waals surface area contributed by atoms with Crippen molar-refractivity contribution < 1.29 is 92.5 Å². The molecule has 8 heteroatoms. The third-order valence-electron chi connectivity index (χ3n) is 6.28. The third-order valence-corrected chi connectivity index (χ3v) is 6.28. The Morgan fingerprint density at radius 1 is 1.33 bits per heavy atom. The molecule has 2 atom stereocenters. The molecule has 0 amide bonds. The van der Waals surface area contributed by atoms with Gasteiger partial charge in [-0.3, -0.25) is 4.90 Å². The predicted octanol–water partition coefficient (Wildman–Crippen LogP) is 1.50. The maximum Gasteiger partial charge on any atom is 1.00 e. The Bertz CT molecular complexity index is 889. The number of rotatable bonds is 9. The van der Waals surface area contributed by atoms with Crippen molar-refractivity contribution in [3.63, 3.8) is 0 Å². The van der Waals surface area contributed by atoms with Crippen molar-refractivity contribution in [1.29, 1.82) is 0 Å². The summed E-state index contributed by atoms with van der Waals surface area (Å²) in [5.41, 5.74) is 2.71. The number of aryl methyl sites for hydroxylation is 1. The molecule has 0 aliphatic carbocycles. The molecular formula is C25H32FN3O2RbRe-. The number of likely N-dealkylation sites (tertiary alicyclic amines) is 1. The SMILES string of the molecule is Cc1c(C(C)N2CCC(OCCCCCc3c[c-]c4c(n3)NCCO4)C2)[c-]ccc1F.[Rb+].[Re]. The van der Waals surface area contributed by atoms with Gasteiger partial charge in [0.2, 0.25) is 0 Å². The fourth-order valence-electron chi connectivity index (χ4n) is 4.38. The quantitative estimate of drug-likeness (QED) is 0.319. The first kappa shape index (κ1) is 29.5. The van der Waals surface area contributed by atoms with E-state index in [9.17, 15) is 4.39 Å². The van der Waals surface area contributed by atoms with Gasteiger partial charge in [-0.25, -0.2) is 4.39 Å². The number of unbranched alkanes of at least 4 members (excludes halogenated alkanes) is 2. The first-order valence-corrected chi connectivity index (χ1v) is 11.4. The molecule has 2 aliphatic heterocycles. The summed E-state index contributed by atoms with van der Waals surface area (Å²) < 4.78 is 25.5. The fourth-order valence-corrected chi connectivity index (χ4v) is 4.38. The van der Waals surface area contributed by atoms with Crippen molar-refractivity contribution in [2.75, 3.05) is 38.2 Å². The van der Waals surface area contributed by atoms with Crippen molar-refractivity contribution in [1.82, 2.24) is 9.88 Å². The van der Waals surface area contributed by atoms with Crippen molar-refractivity contribution in [2.45, 2.75) is 58.1 Å². The Balaban J connectivity index is 0.00000193. The number of pyridine rings is 1. The molecule has 1 saturated heterocycles. The van der Waals surface area contributed by atoms with Gasteiger partial charge >= 0.3 is 58.2 Å². The van der Waals surface area contributed by atoms with Crippen LogP contribution in [0.2, 0.25) is 0 Å². The zero-order chi connectivity index (χ0) is 21.6. The molecule has 1 radical (unpaired) electrons. The number of hydrogen-bond acceptors (Lipinski definition) is 5. The minimum absolute atomic E-state index is 0. The van der Waals surface area contributed by atoms with E-state index in [1.807, 2.05) is 13.0 Å². The van der Waals surface area contributed by atoms with E-state index in [-0.39, 0.29) is 96.6 Å². The molecule has 2 unspecified atom stereocenters. The molecule has 33 heavy (non-hydrogen) atoms. The van der Waals surface area contributed by atoms with Crippen LogP contribution in [0, 0.1) is 24.9 Å². The average molecular weight is 697 g/mol. The number of ether oxygens (including phenoxy) is 2. The molecule has 1 aromatic heterocycles. The molecule has 4 rings (SSSR count). The fraction of sp³-hybridized carbons (Fsp3) is 0.560. The standard InChI is InChI=1S/C25H32FN3O2.Rb.Re/c1-18-22(8-6-9-23(18)26)19(2)29-14-12-21(17-29)30-15-5-3-4-7-20-10-11-24-25(28-20)27-13-16-31-24;;/h6,9-10,19,21H,3-5,7,12-17H2,1-2H3,(H,27,28);;/q-2;+1;. The number of benzene rings is 1. The van der Waals surface area contributed by atoms with Crippen LogP contribution in [-0.4, -0.2) is 48.8 Å². The number of halogens is 1. The van der Waals surface area contributed by atoms with Crippen LogP contribution < -0.4 is 68.2 Å². The summed E-state index contributed by atoms with van der Waals surface area (Å²) in [6, 6.07) is 11.7. The van der Waals surface area contributed by atoms with Crippen molar-refractivity contribution in [3.05, 3.63) is 53.0 Å². The molecule has 0 spiro atoms. The molecular weight excluding hydrogens is 665 g/mol. The Labute approximate surface area is 260 Å². The van der Waals surface area contributed by atoms with Crippen LogP contribution in [0.15, 0.2) is 18.2 Å². The minimum Gasteiger partial charge on any atom is -0.514 e. The van der Waals surface area contributed by atoms with Gasteiger partial charge in [-0.15, -0.1) is 23.3 Å². The Morgan fingerprint density at radius 3 is 3.03 bits per heavy atom. The normalized spacial score (nSPS) is 18.3. The summed E-state index contributed by atoms with van der Waals surface area (Å²) >= 11 is 0. The first-order chi connectivity index (χ1) is 15.1. The van der Waals surface area contributed by atoms with Crippen LogP contribution in [0.25, 0.3) is 0 Å². The van der Waals surface area contributed by atoms with Gasteiger partial charge in [0, 0.05) is 64.3 Å². The zero-order valence-electron chi connectivity index (χ0n) is 19.9. The summed E-state index contributed by atoms with van der Waals surface area (Å²) in [7, 11) is 0. The maximum absolute atomic E-state index is 13.9. The Morgan fingerprint density at radius 2 is 2.18 bits per heavy atom. The van der Waals surface area contributed by atoms with Gasteiger partial charge in [0.1, 0.15) is 6.61 Å². The number of nitrogens with zero attached hydrogens (tertiary/aromatic N) is 2. The molecule has 3 heterocycles. The molecule has 1 fully saturated rings. The van der Waals surface area contributed by atoms with E-state index in [4.69, 9.17) is 9.47 Å². The van der Waals surface area contributed by atoms with E-state index in [0.717, 1.165) is 81.2 Å². The molecule has 1 N–H and O–H groups in total. The summed E-state index contributed by atoms with van der Waals surface area (Å²) in [5.74, 6) is 1.40. The van der Waals surface area contributed by atoms with Crippen LogP contribution in [0.3, 0.4) is 0 Å². The predicted molar refractivity (Wildman–Crippen MR) is 119 cm³/mol. The van der Waals surface area contributed by atoms with Gasteiger partial charge < -0.3 is 19.8 Å². The van der Waals surface area contributed by atoms with Gasteiger partial charge in [0.15, 0.2) is 0 Å². The topological polar surface area (TPSA) is 46.6 Å². The smallest absolute Gasteiger partial charge is 0.514 e. The molecule has 2 aliphatic rings. The van der Waals surface area contributed by atoms with Crippen LogP contribution in [0.5, 0.6) is 5.75 Å². The van der Waals surface area contributed by atoms with Crippen molar-refractivity contribution in [2.24, 2.45) is 0 Å². The monoisotopic (exact) mass is 697 g/mol. The minimum atomic E-state index is -0.152. The van der Waals surface area contributed by atoms with Gasteiger partial charge in [0.05, 0.1) is 11.9 Å². The maximum atomic E-state index is 13.9. The van der Waals surface area contributed by atoms with E-state index in [1.165, 1.54) is 6.07 Å². The second-order valence-electron chi connectivity index (χ2n) is 8.47. The van der Waals surface area contributed by atoms with Gasteiger partial charge in [-0.05, 0) is 19.8 Å². The summed E-state index contributed by atoms with van der Waals surface area (Å²) in [6.45, 7) is 8.11. The van der Waals surface area contributed by atoms with Gasteiger partial charge in [-0.2, -0.15) is 18.2 Å². The molecule has 0 saturated carbocycles. The Hall–Kier alpha value is 0.288. The number of aromatic nitrogens is 1. The van der Waals surface area contributed by atoms with Crippen LogP contribution >= 0.6 is 0 Å². The summed E-state index contributed by atoms with van der Waals surface area (Å²) in [5, 5.41) is 3.26. The average Bonchev–Trinajstić information content (AvgIpc) is 3.26. The number of nitrogens with one attached hydrogen (secondary N) is 1.